The number of aryl methyl sites for hydroxylation is 2. The van der Waals surface area contributed by atoms with Crippen molar-refractivity contribution in [3.63, 3.8) is 0 Å². The second-order valence-electron chi connectivity index (χ2n) is 6.80. The molecule has 21 heavy (non-hydrogen) atoms. The average Bonchev–Trinajstić information content (AvgIpc) is 2.61. The molecule has 0 unspecified atom stereocenters. The van der Waals surface area contributed by atoms with Crippen LogP contribution in [0.4, 0.5) is 5.82 Å². The Morgan fingerprint density at radius 2 is 1.86 bits per heavy atom. The lowest BCUT2D eigenvalue weighted by Gasteiger charge is -2.30. The molecule has 1 heterocycles. The van der Waals surface area contributed by atoms with Gasteiger partial charge in [-0.15, -0.1) is 0 Å². The van der Waals surface area contributed by atoms with Crippen LogP contribution in [0.15, 0.2) is 0 Å². The van der Waals surface area contributed by atoms with Crippen LogP contribution in [0.1, 0.15) is 63.6 Å². The van der Waals surface area contributed by atoms with Gasteiger partial charge in [-0.1, -0.05) is 39.5 Å². The lowest BCUT2D eigenvalue weighted by atomic mass is 10.1. The van der Waals surface area contributed by atoms with Crippen molar-refractivity contribution < 1.29 is 0 Å². The summed E-state index contributed by atoms with van der Waals surface area (Å²) in [5.41, 5.74) is 2.51. The Hall–Kier alpha value is -1.03. The van der Waals surface area contributed by atoms with Gasteiger partial charge in [0.15, 0.2) is 0 Å². The fraction of sp³-hybridized carbons (Fsp3) is 0.824. The third-order valence-corrected chi connectivity index (χ3v) is 4.71. The van der Waals surface area contributed by atoms with Crippen LogP contribution in [0.3, 0.4) is 0 Å². The second-order valence-corrected chi connectivity index (χ2v) is 6.80. The molecule has 0 amide bonds. The van der Waals surface area contributed by atoms with E-state index in [2.05, 4.69) is 54.9 Å². The first-order valence-corrected chi connectivity index (χ1v) is 8.49. The Balaban J connectivity index is 2.20. The number of nitrogens with one attached hydrogen (secondary N) is 1. The summed E-state index contributed by atoms with van der Waals surface area (Å²) in [6.07, 6.45) is 8.17. The molecule has 1 N–H and O–H groups in total. The smallest absolute Gasteiger partial charge is 0.131 e. The summed E-state index contributed by atoms with van der Waals surface area (Å²) in [7, 11) is 4.33. The molecule has 1 aromatic rings. The van der Waals surface area contributed by atoms with Gasteiger partial charge in [-0.25, -0.2) is 0 Å². The van der Waals surface area contributed by atoms with Crippen molar-refractivity contribution in [3.05, 3.63) is 11.3 Å². The van der Waals surface area contributed by atoms with Crippen LogP contribution < -0.4 is 10.2 Å². The molecule has 1 fully saturated rings. The summed E-state index contributed by atoms with van der Waals surface area (Å²) in [5, 5.41) is 8.21. The molecular weight excluding hydrogens is 260 g/mol. The van der Waals surface area contributed by atoms with E-state index in [4.69, 9.17) is 0 Å². The predicted octanol–water partition coefficient (Wildman–Crippen LogP) is 3.39. The van der Waals surface area contributed by atoms with E-state index in [0.29, 0.717) is 12.1 Å². The number of aromatic nitrogens is 2. The van der Waals surface area contributed by atoms with E-state index in [1.165, 1.54) is 49.9 Å². The molecule has 0 atom stereocenters. The molecule has 1 aliphatic rings. The predicted molar refractivity (Wildman–Crippen MR) is 89.8 cm³/mol. The van der Waals surface area contributed by atoms with Gasteiger partial charge in [-0.05, 0) is 19.8 Å². The highest BCUT2D eigenvalue weighted by Crippen LogP contribution is 2.29. The van der Waals surface area contributed by atoms with Crippen molar-refractivity contribution in [1.29, 1.82) is 0 Å². The molecule has 1 aliphatic carbocycles. The van der Waals surface area contributed by atoms with E-state index in [1.54, 1.807) is 0 Å². The first-order valence-electron chi connectivity index (χ1n) is 8.49. The zero-order valence-electron chi connectivity index (χ0n) is 14.4. The van der Waals surface area contributed by atoms with E-state index < -0.39 is 0 Å². The van der Waals surface area contributed by atoms with Gasteiger partial charge in [-0.3, -0.25) is 4.68 Å². The van der Waals surface area contributed by atoms with Gasteiger partial charge in [0, 0.05) is 38.3 Å². The minimum absolute atomic E-state index is 0.501. The maximum atomic E-state index is 4.66. The van der Waals surface area contributed by atoms with E-state index in [1.807, 2.05) is 0 Å². The van der Waals surface area contributed by atoms with Crippen molar-refractivity contribution in [1.82, 2.24) is 15.1 Å². The molecule has 0 saturated heterocycles. The second kappa shape index (κ2) is 7.30. The highest BCUT2D eigenvalue weighted by Gasteiger charge is 2.23. The summed E-state index contributed by atoms with van der Waals surface area (Å²) < 4.78 is 2.07. The van der Waals surface area contributed by atoms with Crippen LogP contribution >= 0.6 is 0 Å². The normalized spacial score (nSPS) is 17.2. The minimum Gasteiger partial charge on any atom is -0.357 e. The fourth-order valence-electron chi connectivity index (χ4n) is 3.46. The van der Waals surface area contributed by atoms with Crippen LogP contribution in [-0.2, 0) is 13.6 Å². The molecule has 0 bridgehead atoms. The largest absolute Gasteiger partial charge is 0.357 e. The lowest BCUT2D eigenvalue weighted by molar-refractivity contribution is 0.534. The molecule has 4 heteroatoms. The van der Waals surface area contributed by atoms with E-state index in [9.17, 15) is 0 Å². The first-order chi connectivity index (χ1) is 10.0. The maximum absolute atomic E-state index is 4.66. The number of rotatable bonds is 5. The monoisotopic (exact) mass is 292 g/mol. The Morgan fingerprint density at radius 3 is 2.43 bits per heavy atom. The van der Waals surface area contributed by atoms with Gasteiger partial charge in [0.1, 0.15) is 5.82 Å². The SMILES string of the molecule is Cc1nn(C)c(N(C)C2CCCCCC2)c1CNC(C)C. The number of anilines is 1. The number of nitrogens with zero attached hydrogens (tertiary/aromatic N) is 3. The molecule has 1 saturated carbocycles. The average molecular weight is 292 g/mol. The van der Waals surface area contributed by atoms with Crippen LogP contribution in [0.25, 0.3) is 0 Å². The molecule has 0 radical (unpaired) electrons. The van der Waals surface area contributed by atoms with Gasteiger partial charge in [-0.2, -0.15) is 5.10 Å². The van der Waals surface area contributed by atoms with Gasteiger partial charge < -0.3 is 10.2 Å². The van der Waals surface area contributed by atoms with Crippen molar-refractivity contribution in [2.45, 2.75) is 77.9 Å². The Morgan fingerprint density at radius 1 is 1.24 bits per heavy atom. The summed E-state index contributed by atoms with van der Waals surface area (Å²) in [4.78, 5) is 2.49. The molecule has 1 aromatic heterocycles. The molecule has 4 nitrogen and oxygen atoms in total. The Labute approximate surface area is 129 Å². The van der Waals surface area contributed by atoms with Crippen molar-refractivity contribution >= 4 is 5.82 Å². The number of hydrogen-bond acceptors (Lipinski definition) is 3. The zero-order chi connectivity index (χ0) is 15.4. The summed E-state index contributed by atoms with van der Waals surface area (Å²) >= 11 is 0. The van der Waals surface area contributed by atoms with Crippen LogP contribution in [0.5, 0.6) is 0 Å². The van der Waals surface area contributed by atoms with Crippen molar-refractivity contribution in [2.75, 3.05) is 11.9 Å². The number of hydrogen-bond donors (Lipinski definition) is 1. The molecule has 0 spiro atoms. The van der Waals surface area contributed by atoms with Crippen LogP contribution in [-0.4, -0.2) is 28.9 Å². The molecule has 0 aliphatic heterocycles. The fourth-order valence-corrected chi connectivity index (χ4v) is 3.46. The van der Waals surface area contributed by atoms with Crippen LogP contribution in [0, 0.1) is 6.92 Å². The van der Waals surface area contributed by atoms with E-state index >= 15 is 0 Å². The van der Waals surface area contributed by atoms with Crippen molar-refractivity contribution in [2.24, 2.45) is 7.05 Å². The van der Waals surface area contributed by atoms with Gasteiger partial charge in [0.2, 0.25) is 0 Å². The maximum Gasteiger partial charge on any atom is 0.131 e. The highest BCUT2D eigenvalue weighted by molar-refractivity contribution is 5.50. The summed E-state index contributed by atoms with van der Waals surface area (Å²) in [5.74, 6) is 1.30. The third-order valence-electron chi connectivity index (χ3n) is 4.71. The quantitative estimate of drug-likeness (QED) is 0.845. The first kappa shape index (κ1) is 16.3. The topological polar surface area (TPSA) is 33.1 Å². The van der Waals surface area contributed by atoms with Crippen molar-refractivity contribution in [3.8, 4) is 0 Å². The summed E-state index contributed by atoms with van der Waals surface area (Å²) in [6.45, 7) is 7.42. The van der Waals surface area contributed by atoms with Crippen LogP contribution in [0.2, 0.25) is 0 Å². The Kier molecular flexibility index (Phi) is 5.68. The standard InChI is InChI=1S/C17H32N4/c1-13(2)18-12-16-14(3)19-21(5)17(16)20(4)15-10-8-6-7-9-11-15/h13,15,18H,6-12H2,1-5H3. The van der Waals surface area contributed by atoms with E-state index in [-0.39, 0.29) is 0 Å². The third kappa shape index (κ3) is 4.00. The summed E-state index contributed by atoms with van der Waals surface area (Å²) in [6, 6.07) is 1.17. The molecule has 120 valence electrons. The molecular formula is C17H32N4. The van der Waals surface area contributed by atoms with Gasteiger partial charge >= 0.3 is 0 Å². The zero-order valence-corrected chi connectivity index (χ0v) is 14.4. The molecule has 0 aromatic carbocycles. The van der Waals surface area contributed by atoms with E-state index in [0.717, 1.165) is 12.2 Å². The minimum atomic E-state index is 0.501. The lowest BCUT2D eigenvalue weighted by Crippen LogP contribution is -2.34. The Bertz CT molecular complexity index is 442. The highest BCUT2D eigenvalue weighted by atomic mass is 15.4. The molecule has 2 rings (SSSR count). The van der Waals surface area contributed by atoms with Gasteiger partial charge in [0.25, 0.3) is 0 Å². The van der Waals surface area contributed by atoms with Gasteiger partial charge in [0.05, 0.1) is 5.69 Å².